The van der Waals surface area contributed by atoms with Crippen molar-refractivity contribution in [3.05, 3.63) is 17.7 Å². The average molecular weight is 167 g/mol. The molecule has 0 radical (unpaired) electrons. The number of fused-ring (bicyclic) bond motifs is 1. The first-order valence-corrected chi connectivity index (χ1v) is 3.28. The Balaban J connectivity index is 2.41. The normalized spacial score (nSPS) is 16.0. The first-order chi connectivity index (χ1) is 5.77. The zero-order valence-corrected chi connectivity index (χ0v) is 5.96. The summed E-state index contributed by atoms with van der Waals surface area (Å²) in [4.78, 5) is 28.2. The van der Waals surface area contributed by atoms with Crippen molar-refractivity contribution in [2.24, 2.45) is 0 Å². The van der Waals surface area contributed by atoms with Crippen LogP contribution in [-0.2, 0) is 11.3 Å². The lowest BCUT2D eigenvalue weighted by Crippen LogP contribution is -2.28. The van der Waals surface area contributed by atoms with E-state index in [1.165, 1.54) is 6.33 Å². The van der Waals surface area contributed by atoms with Crippen LogP contribution >= 0.6 is 0 Å². The number of cyclic esters (lactones) is 1. The summed E-state index contributed by atoms with van der Waals surface area (Å²) in [7, 11) is 0. The molecule has 12 heavy (non-hydrogen) atoms. The van der Waals surface area contributed by atoms with Crippen molar-refractivity contribution in [3.63, 3.8) is 0 Å². The van der Waals surface area contributed by atoms with Crippen LogP contribution in [0.15, 0.2) is 6.33 Å². The number of alkyl carbamates (subject to hydrolysis) is 1. The summed E-state index contributed by atoms with van der Waals surface area (Å²) in [5, 5.41) is 2.01. The van der Waals surface area contributed by atoms with Gasteiger partial charge >= 0.3 is 6.09 Å². The molecule has 1 aliphatic rings. The third-order valence-electron chi connectivity index (χ3n) is 1.50. The molecule has 1 aromatic heterocycles. The van der Waals surface area contributed by atoms with Crippen molar-refractivity contribution in [1.29, 1.82) is 0 Å². The molecule has 0 unspecified atom stereocenters. The van der Waals surface area contributed by atoms with Gasteiger partial charge in [0.2, 0.25) is 0 Å². The summed E-state index contributed by atoms with van der Waals surface area (Å²) in [6, 6.07) is 0. The smallest absolute Gasteiger partial charge is 0.414 e. The number of carbonyl (C=O) groups excluding carboxylic acids is 2. The van der Waals surface area contributed by atoms with Gasteiger partial charge in [-0.3, -0.25) is 10.1 Å². The summed E-state index contributed by atoms with van der Waals surface area (Å²) in [5.41, 5.74) is 0.721. The number of rotatable bonds is 0. The van der Waals surface area contributed by atoms with Gasteiger partial charge in [0.25, 0.3) is 5.91 Å². The van der Waals surface area contributed by atoms with E-state index in [0.717, 1.165) is 0 Å². The molecule has 2 amide bonds. The van der Waals surface area contributed by atoms with Crippen LogP contribution in [0.3, 0.4) is 0 Å². The second-order valence-electron chi connectivity index (χ2n) is 2.25. The minimum absolute atomic E-state index is 0.0242. The standard InChI is InChI=1S/C6H5N3O3/c10-5-4-3(7-2-8-4)1-12-6(11)9-5/h2H,1H2,(H,7,8)(H,9,10,11). The highest BCUT2D eigenvalue weighted by Gasteiger charge is 2.22. The molecule has 2 N–H and O–H groups in total. The molecular formula is C6H5N3O3. The Morgan fingerprint density at radius 1 is 1.50 bits per heavy atom. The minimum Gasteiger partial charge on any atom is -0.443 e. The van der Waals surface area contributed by atoms with E-state index in [0.29, 0.717) is 5.69 Å². The second kappa shape index (κ2) is 2.33. The minimum atomic E-state index is -0.744. The van der Waals surface area contributed by atoms with Crippen molar-refractivity contribution in [1.82, 2.24) is 15.3 Å². The van der Waals surface area contributed by atoms with Gasteiger partial charge in [0.1, 0.15) is 18.0 Å². The number of nitrogens with one attached hydrogen (secondary N) is 2. The number of hydrogen-bond donors (Lipinski definition) is 2. The number of imide groups is 1. The summed E-state index contributed by atoms with van der Waals surface area (Å²) in [6.07, 6.45) is 0.634. The van der Waals surface area contributed by atoms with Gasteiger partial charge in [-0.05, 0) is 0 Å². The lowest BCUT2D eigenvalue weighted by Gasteiger charge is -1.95. The highest BCUT2D eigenvalue weighted by molar-refractivity contribution is 6.03. The lowest BCUT2D eigenvalue weighted by atomic mass is 10.3. The van der Waals surface area contributed by atoms with Crippen molar-refractivity contribution in [2.75, 3.05) is 0 Å². The highest BCUT2D eigenvalue weighted by Crippen LogP contribution is 2.07. The van der Waals surface area contributed by atoms with Crippen LogP contribution in [0.25, 0.3) is 0 Å². The van der Waals surface area contributed by atoms with Gasteiger partial charge in [-0.2, -0.15) is 0 Å². The third kappa shape index (κ3) is 0.931. The van der Waals surface area contributed by atoms with Gasteiger partial charge in [-0.1, -0.05) is 0 Å². The van der Waals surface area contributed by atoms with Gasteiger partial charge in [-0.25, -0.2) is 9.78 Å². The second-order valence-corrected chi connectivity index (χ2v) is 2.25. The van der Waals surface area contributed by atoms with Crippen molar-refractivity contribution in [3.8, 4) is 0 Å². The van der Waals surface area contributed by atoms with E-state index in [2.05, 4.69) is 14.7 Å². The molecule has 0 aliphatic carbocycles. The topological polar surface area (TPSA) is 84.1 Å². The first kappa shape index (κ1) is 6.84. The molecule has 2 rings (SSSR count). The van der Waals surface area contributed by atoms with E-state index in [9.17, 15) is 9.59 Å². The van der Waals surface area contributed by atoms with Crippen LogP contribution in [0, 0.1) is 0 Å². The number of imidazole rings is 1. The van der Waals surface area contributed by atoms with E-state index in [1.807, 2.05) is 5.32 Å². The Bertz CT molecular complexity index is 344. The Morgan fingerprint density at radius 2 is 2.33 bits per heavy atom. The maximum Gasteiger partial charge on any atom is 0.414 e. The van der Waals surface area contributed by atoms with E-state index >= 15 is 0 Å². The Labute approximate surface area is 66.9 Å². The molecule has 2 heterocycles. The summed E-state index contributed by atoms with van der Waals surface area (Å²) < 4.78 is 4.60. The van der Waals surface area contributed by atoms with E-state index in [4.69, 9.17) is 0 Å². The Kier molecular flexibility index (Phi) is 1.33. The van der Waals surface area contributed by atoms with E-state index < -0.39 is 12.0 Å². The summed E-state index contributed by atoms with van der Waals surface area (Å²) in [6.45, 7) is 0.0242. The predicted molar refractivity (Wildman–Crippen MR) is 36.2 cm³/mol. The number of amides is 2. The van der Waals surface area contributed by atoms with Gasteiger partial charge in [0, 0.05) is 0 Å². The zero-order chi connectivity index (χ0) is 8.55. The molecule has 0 saturated carbocycles. The highest BCUT2D eigenvalue weighted by atomic mass is 16.5. The van der Waals surface area contributed by atoms with Crippen molar-refractivity contribution >= 4 is 12.0 Å². The molecule has 0 fully saturated rings. The number of ether oxygens (including phenoxy) is 1. The Morgan fingerprint density at radius 3 is 3.17 bits per heavy atom. The number of carbonyl (C=O) groups is 2. The number of hydrogen-bond acceptors (Lipinski definition) is 4. The molecule has 62 valence electrons. The van der Waals surface area contributed by atoms with Crippen LogP contribution in [0.1, 0.15) is 16.2 Å². The number of nitrogens with zero attached hydrogens (tertiary/aromatic N) is 1. The zero-order valence-electron chi connectivity index (χ0n) is 5.96. The maximum absolute atomic E-state index is 11.1. The SMILES string of the molecule is O=C1NC(=O)c2[nH]cnc2CO1. The molecular weight excluding hydrogens is 162 g/mol. The molecule has 0 bridgehead atoms. The van der Waals surface area contributed by atoms with E-state index in [1.54, 1.807) is 0 Å². The largest absolute Gasteiger partial charge is 0.443 e. The van der Waals surface area contributed by atoms with Crippen LogP contribution in [0.4, 0.5) is 4.79 Å². The average Bonchev–Trinajstić information content (AvgIpc) is 2.43. The Hall–Kier alpha value is -1.85. The fourth-order valence-corrected chi connectivity index (χ4v) is 0.954. The fraction of sp³-hybridized carbons (Fsp3) is 0.167. The summed E-state index contributed by atoms with van der Waals surface area (Å²) in [5.74, 6) is -0.509. The summed E-state index contributed by atoms with van der Waals surface area (Å²) >= 11 is 0. The molecule has 0 aromatic carbocycles. The third-order valence-corrected chi connectivity index (χ3v) is 1.50. The molecule has 6 nitrogen and oxygen atoms in total. The lowest BCUT2D eigenvalue weighted by molar-refractivity contribution is 0.0932. The monoisotopic (exact) mass is 167 g/mol. The van der Waals surface area contributed by atoms with Crippen LogP contribution in [0.5, 0.6) is 0 Å². The van der Waals surface area contributed by atoms with Crippen LogP contribution < -0.4 is 5.32 Å². The number of H-pyrrole nitrogens is 1. The van der Waals surface area contributed by atoms with Crippen LogP contribution in [-0.4, -0.2) is 22.0 Å². The van der Waals surface area contributed by atoms with Crippen molar-refractivity contribution < 1.29 is 14.3 Å². The molecule has 0 saturated heterocycles. The quantitative estimate of drug-likeness (QED) is 0.559. The number of aromatic nitrogens is 2. The first-order valence-electron chi connectivity index (χ1n) is 3.28. The van der Waals surface area contributed by atoms with Crippen molar-refractivity contribution in [2.45, 2.75) is 6.61 Å². The van der Waals surface area contributed by atoms with E-state index in [-0.39, 0.29) is 12.3 Å². The molecule has 0 atom stereocenters. The number of aromatic amines is 1. The van der Waals surface area contributed by atoms with Crippen LogP contribution in [0.2, 0.25) is 0 Å². The van der Waals surface area contributed by atoms with Gasteiger partial charge in [0.15, 0.2) is 0 Å². The predicted octanol–water partition coefficient (Wildman–Crippen LogP) is -0.210. The van der Waals surface area contributed by atoms with Gasteiger partial charge in [0.05, 0.1) is 6.33 Å². The van der Waals surface area contributed by atoms with Gasteiger partial charge < -0.3 is 9.72 Å². The molecule has 0 spiro atoms. The molecule has 1 aromatic rings. The maximum atomic E-state index is 11.1. The molecule has 6 heteroatoms. The molecule has 1 aliphatic heterocycles. The fourth-order valence-electron chi connectivity index (χ4n) is 0.954. The van der Waals surface area contributed by atoms with Gasteiger partial charge in [-0.15, -0.1) is 0 Å².